The molecule has 0 aliphatic rings. The summed E-state index contributed by atoms with van der Waals surface area (Å²) in [5.74, 6) is 1.55. The van der Waals surface area contributed by atoms with E-state index in [9.17, 15) is 4.79 Å². The van der Waals surface area contributed by atoms with Gasteiger partial charge in [-0.15, -0.1) is 5.10 Å². The molecule has 7 heteroatoms. The first kappa shape index (κ1) is 14.3. The second kappa shape index (κ2) is 5.92. The number of aryl methyl sites for hydroxylation is 1. The second-order valence-electron chi connectivity index (χ2n) is 4.08. The Morgan fingerprint density at radius 2 is 2.00 bits per heavy atom. The van der Waals surface area contributed by atoms with E-state index in [1.807, 2.05) is 0 Å². The molecule has 0 fully saturated rings. The number of ether oxygens (including phenoxy) is 2. The Morgan fingerprint density at radius 1 is 1.30 bits per heavy atom. The molecule has 1 aromatic carbocycles. The van der Waals surface area contributed by atoms with Crippen LogP contribution >= 0.6 is 11.6 Å². The fraction of sp³-hybridized carbons (Fsp3) is 0.308. The summed E-state index contributed by atoms with van der Waals surface area (Å²) in [4.78, 5) is 16.2. The van der Waals surface area contributed by atoms with Gasteiger partial charge in [-0.05, 0) is 36.7 Å². The van der Waals surface area contributed by atoms with Crippen LogP contribution in [0.3, 0.4) is 0 Å². The molecule has 6 nitrogen and oxygen atoms in total. The summed E-state index contributed by atoms with van der Waals surface area (Å²) in [6.45, 7) is 1.81. The maximum atomic E-state index is 12.2. The average molecular weight is 296 g/mol. The molecule has 2 aromatic rings. The topological polar surface area (TPSA) is 66.2 Å². The minimum atomic E-state index is -0.115. The van der Waals surface area contributed by atoms with Crippen LogP contribution in [0.5, 0.6) is 11.5 Å². The maximum Gasteiger partial charge on any atom is 0.242 e. The predicted molar refractivity (Wildman–Crippen MR) is 73.6 cm³/mol. The Morgan fingerprint density at radius 3 is 2.55 bits per heavy atom. The van der Waals surface area contributed by atoms with E-state index in [-0.39, 0.29) is 17.6 Å². The zero-order chi connectivity index (χ0) is 14.7. The van der Waals surface area contributed by atoms with Gasteiger partial charge in [0.2, 0.25) is 5.28 Å². The van der Waals surface area contributed by atoms with Gasteiger partial charge in [-0.25, -0.2) is 9.67 Å². The fourth-order valence-electron chi connectivity index (χ4n) is 1.77. The average Bonchev–Trinajstić information content (AvgIpc) is 2.75. The molecule has 0 spiro atoms. The van der Waals surface area contributed by atoms with Crippen molar-refractivity contribution in [3.8, 4) is 11.5 Å². The minimum Gasteiger partial charge on any atom is -0.493 e. The fourth-order valence-corrected chi connectivity index (χ4v) is 1.99. The van der Waals surface area contributed by atoms with Gasteiger partial charge < -0.3 is 9.47 Å². The molecule has 0 saturated carbocycles. The number of hydrogen-bond acceptors (Lipinski definition) is 5. The molecule has 0 atom stereocenters. The molecule has 20 heavy (non-hydrogen) atoms. The number of carbonyl (C=O) groups excluding carboxylic acids is 1. The van der Waals surface area contributed by atoms with E-state index < -0.39 is 0 Å². The molecule has 0 aliphatic heterocycles. The third-order valence-electron chi connectivity index (χ3n) is 2.83. The van der Waals surface area contributed by atoms with E-state index in [0.29, 0.717) is 22.9 Å². The van der Waals surface area contributed by atoms with Crippen LogP contribution in [0.25, 0.3) is 0 Å². The van der Waals surface area contributed by atoms with Crippen molar-refractivity contribution in [3.05, 3.63) is 34.9 Å². The lowest BCUT2D eigenvalue weighted by Gasteiger charge is -2.09. The summed E-state index contributed by atoms with van der Waals surface area (Å²) in [6, 6.07) is 5.00. The zero-order valence-electron chi connectivity index (χ0n) is 11.4. The summed E-state index contributed by atoms with van der Waals surface area (Å²) in [5.41, 5.74) is 0.508. The number of rotatable bonds is 5. The number of carbonyl (C=O) groups is 1. The molecule has 0 bridgehead atoms. The van der Waals surface area contributed by atoms with Gasteiger partial charge in [0.25, 0.3) is 0 Å². The van der Waals surface area contributed by atoms with Gasteiger partial charge in [-0.2, -0.15) is 0 Å². The molecule has 0 amide bonds. The van der Waals surface area contributed by atoms with Crippen LogP contribution in [0.1, 0.15) is 16.2 Å². The molecule has 0 unspecified atom stereocenters. The Balaban J connectivity index is 2.23. The van der Waals surface area contributed by atoms with Gasteiger partial charge in [0.05, 0.1) is 14.2 Å². The van der Waals surface area contributed by atoms with Crippen molar-refractivity contribution >= 4 is 17.4 Å². The normalized spacial score (nSPS) is 10.4. The third kappa shape index (κ3) is 2.91. The number of hydrogen-bond donors (Lipinski definition) is 0. The highest BCUT2D eigenvalue weighted by atomic mass is 35.5. The first-order valence-corrected chi connectivity index (χ1v) is 6.25. The number of nitrogens with zero attached hydrogens (tertiary/aromatic N) is 3. The summed E-state index contributed by atoms with van der Waals surface area (Å²) in [5, 5.41) is 4.07. The van der Waals surface area contributed by atoms with E-state index in [1.54, 1.807) is 32.2 Å². The smallest absolute Gasteiger partial charge is 0.242 e. The number of Topliss-reactive ketones (excluding diaryl/α,β-unsaturated/α-hetero) is 1. The number of aromatic nitrogens is 3. The summed E-state index contributed by atoms with van der Waals surface area (Å²) in [7, 11) is 3.06. The molecule has 0 aliphatic carbocycles. The summed E-state index contributed by atoms with van der Waals surface area (Å²) < 4.78 is 11.8. The van der Waals surface area contributed by atoms with Crippen molar-refractivity contribution in [1.82, 2.24) is 14.8 Å². The van der Waals surface area contributed by atoms with Gasteiger partial charge in [0.15, 0.2) is 17.3 Å². The summed E-state index contributed by atoms with van der Waals surface area (Å²) in [6.07, 6.45) is 0. The number of halogens is 1. The molecular formula is C13H14ClN3O3. The van der Waals surface area contributed by atoms with Gasteiger partial charge >= 0.3 is 0 Å². The van der Waals surface area contributed by atoms with E-state index in [1.165, 1.54) is 11.8 Å². The number of benzene rings is 1. The van der Waals surface area contributed by atoms with Crippen molar-refractivity contribution in [2.75, 3.05) is 14.2 Å². The lowest BCUT2D eigenvalue weighted by Crippen LogP contribution is -2.13. The molecule has 106 valence electrons. The zero-order valence-corrected chi connectivity index (χ0v) is 12.1. The molecule has 0 N–H and O–H groups in total. The lowest BCUT2D eigenvalue weighted by molar-refractivity contribution is 0.0966. The largest absolute Gasteiger partial charge is 0.493 e. The van der Waals surface area contributed by atoms with Crippen LogP contribution in [0.15, 0.2) is 18.2 Å². The Bertz CT molecular complexity index is 640. The number of methoxy groups -OCH3 is 2. The lowest BCUT2D eigenvalue weighted by atomic mass is 10.1. The maximum absolute atomic E-state index is 12.2. The van der Waals surface area contributed by atoms with Crippen molar-refractivity contribution in [2.24, 2.45) is 0 Å². The van der Waals surface area contributed by atoms with Crippen LogP contribution in [-0.4, -0.2) is 34.8 Å². The van der Waals surface area contributed by atoms with E-state index >= 15 is 0 Å². The highest BCUT2D eigenvalue weighted by Gasteiger charge is 2.13. The van der Waals surface area contributed by atoms with Gasteiger partial charge in [0.1, 0.15) is 12.4 Å². The standard InChI is InChI=1S/C13H14ClN3O3/c1-8-15-13(14)16-17(8)7-10(18)9-4-5-11(19-2)12(6-9)20-3/h4-6H,7H2,1-3H3. The van der Waals surface area contributed by atoms with Gasteiger partial charge in [-0.1, -0.05) is 0 Å². The number of ketones is 1. The quantitative estimate of drug-likeness (QED) is 0.791. The van der Waals surface area contributed by atoms with Crippen LogP contribution in [0.2, 0.25) is 5.28 Å². The highest BCUT2D eigenvalue weighted by molar-refractivity contribution is 6.28. The summed E-state index contributed by atoms with van der Waals surface area (Å²) >= 11 is 5.69. The van der Waals surface area contributed by atoms with Crippen LogP contribution < -0.4 is 9.47 Å². The Hall–Kier alpha value is -2.08. The van der Waals surface area contributed by atoms with Crippen LogP contribution in [0, 0.1) is 6.92 Å². The van der Waals surface area contributed by atoms with Crippen LogP contribution in [-0.2, 0) is 6.54 Å². The van der Waals surface area contributed by atoms with Crippen molar-refractivity contribution in [2.45, 2.75) is 13.5 Å². The minimum absolute atomic E-state index is 0.0705. The van der Waals surface area contributed by atoms with Gasteiger partial charge in [-0.3, -0.25) is 4.79 Å². The Labute approximate surface area is 121 Å². The van der Waals surface area contributed by atoms with E-state index in [2.05, 4.69) is 10.1 Å². The predicted octanol–water partition coefficient (Wildman–Crippen LogP) is 2.14. The molecule has 2 rings (SSSR count). The van der Waals surface area contributed by atoms with E-state index in [4.69, 9.17) is 21.1 Å². The SMILES string of the molecule is COc1ccc(C(=O)Cn2nc(Cl)nc2C)cc1OC. The molecule has 0 saturated heterocycles. The third-order valence-corrected chi connectivity index (χ3v) is 2.99. The molecular weight excluding hydrogens is 282 g/mol. The van der Waals surface area contributed by atoms with E-state index in [0.717, 1.165) is 0 Å². The first-order valence-electron chi connectivity index (χ1n) is 5.87. The van der Waals surface area contributed by atoms with Crippen molar-refractivity contribution in [1.29, 1.82) is 0 Å². The van der Waals surface area contributed by atoms with Crippen molar-refractivity contribution < 1.29 is 14.3 Å². The highest BCUT2D eigenvalue weighted by Crippen LogP contribution is 2.27. The van der Waals surface area contributed by atoms with Crippen LogP contribution in [0.4, 0.5) is 0 Å². The Kier molecular flexibility index (Phi) is 4.24. The molecule has 1 aromatic heterocycles. The monoisotopic (exact) mass is 295 g/mol. The van der Waals surface area contributed by atoms with Crippen molar-refractivity contribution in [3.63, 3.8) is 0 Å². The first-order chi connectivity index (χ1) is 9.55. The molecule has 0 radical (unpaired) electrons. The molecule has 1 heterocycles. The second-order valence-corrected chi connectivity index (χ2v) is 4.42. The van der Waals surface area contributed by atoms with Gasteiger partial charge in [0, 0.05) is 5.56 Å².